The third-order valence-electron chi connectivity index (χ3n) is 4.37. The summed E-state index contributed by atoms with van der Waals surface area (Å²) in [5.41, 5.74) is 1.05. The number of carbonyl (C=O) groups is 1. The highest BCUT2D eigenvalue weighted by Gasteiger charge is 2.20. The number of nitrogens with zero attached hydrogens (tertiary/aromatic N) is 3. The van der Waals surface area contributed by atoms with Crippen LogP contribution in [0.2, 0.25) is 0 Å². The molecular weight excluding hydrogens is 461 g/mol. The maximum Gasteiger partial charge on any atom is 0.224 e. The summed E-state index contributed by atoms with van der Waals surface area (Å²) in [6.45, 7) is 12.1. The average molecular weight is 493 g/mol. The maximum atomic E-state index is 12.3. The lowest BCUT2D eigenvalue weighted by atomic mass is 10.00. The molecule has 1 fully saturated rings. The van der Waals surface area contributed by atoms with E-state index in [0.29, 0.717) is 25.4 Å². The van der Waals surface area contributed by atoms with E-state index in [1.807, 2.05) is 25.7 Å². The van der Waals surface area contributed by atoms with Crippen LogP contribution in [-0.4, -0.2) is 47.9 Å². The van der Waals surface area contributed by atoms with Crippen molar-refractivity contribution >= 4 is 47.2 Å². The normalized spacial score (nSPS) is 17.6. The van der Waals surface area contributed by atoms with Crippen molar-refractivity contribution in [3.8, 4) is 0 Å². The molecule has 1 saturated heterocycles. The van der Waals surface area contributed by atoms with Crippen molar-refractivity contribution < 1.29 is 4.79 Å². The summed E-state index contributed by atoms with van der Waals surface area (Å²) < 4.78 is 0. The van der Waals surface area contributed by atoms with Crippen LogP contribution >= 0.6 is 35.3 Å². The minimum absolute atomic E-state index is 0. The van der Waals surface area contributed by atoms with Gasteiger partial charge in [0.2, 0.25) is 5.91 Å². The summed E-state index contributed by atoms with van der Waals surface area (Å²) in [5, 5.41) is 7.58. The highest BCUT2D eigenvalue weighted by Crippen LogP contribution is 2.18. The predicted octanol–water partition coefficient (Wildman–Crippen LogP) is 3.08. The van der Waals surface area contributed by atoms with Gasteiger partial charge in [-0.2, -0.15) is 0 Å². The van der Waals surface area contributed by atoms with Gasteiger partial charge in [0.1, 0.15) is 0 Å². The van der Waals surface area contributed by atoms with Crippen LogP contribution in [0, 0.1) is 19.8 Å². The number of guanidine groups is 1. The quantitative estimate of drug-likeness (QED) is 0.363. The summed E-state index contributed by atoms with van der Waals surface area (Å²) in [7, 11) is 0. The van der Waals surface area contributed by atoms with Gasteiger partial charge in [0.15, 0.2) is 5.96 Å². The molecule has 1 aromatic rings. The summed E-state index contributed by atoms with van der Waals surface area (Å²) in [6, 6.07) is 0. The number of thiazole rings is 1. The Morgan fingerprint density at radius 2 is 2.15 bits per heavy atom. The number of aliphatic imine (C=N–C) groups is 1. The second-order valence-corrected chi connectivity index (χ2v) is 7.99. The highest BCUT2D eigenvalue weighted by atomic mass is 127. The van der Waals surface area contributed by atoms with Gasteiger partial charge in [-0.15, -0.1) is 35.3 Å². The van der Waals surface area contributed by atoms with E-state index in [1.165, 1.54) is 11.3 Å². The Kier molecular flexibility index (Phi) is 10.4. The van der Waals surface area contributed by atoms with Crippen molar-refractivity contribution in [3.63, 3.8) is 0 Å². The Bertz CT molecular complexity index is 604. The van der Waals surface area contributed by atoms with Crippen LogP contribution in [0.15, 0.2) is 4.99 Å². The van der Waals surface area contributed by atoms with E-state index in [4.69, 9.17) is 0 Å². The van der Waals surface area contributed by atoms with E-state index in [1.54, 1.807) is 11.3 Å². The van der Waals surface area contributed by atoms with Crippen LogP contribution in [0.3, 0.4) is 0 Å². The lowest BCUT2D eigenvalue weighted by Gasteiger charge is -2.31. The van der Waals surface area contributed by atoms with Gasteiger partial charge in [-0.05, 0) is 39.5 Å². The molecule has 2 rings (SSSR count). The number of nitrogens with one attached hydrogen (secondary N) is 2. The first-order valence-electron chi connectivity index (χ1n) is 9.22. The fourth-order valence-corrected chi connectivity index (χ4v) is 3.94. The molecule has 1 aromatic heterocycles. The number of carbonyl (C=O) groups excluding carboxylic acids is 1. The zero-order valence-corrected chi connectivity index (χ0v) is 19.4. The van der Waals surface area contributed by atoms with Crippen molar-refractivity contribution in [1.29, 1.82) is 0 Å². The molecule has 1 unspecified atom stereocenters. The van der Waals surface area contributed by atoms with Crippen LogP contribution < -0.4 is 10.6 Å². The third kappa shape index (κ3) is 7.38. The van der Waals surface area contributed by atoms with Crippen molar-refractivity contribution in [3.05, 3.63) is 15.6 Å². The molecule has 0 spiro atoms. The van der Waals surface area contributed by atoms with Gasteiger partial charge in [-0.25, -0.2) is 9.98 Å². The third-order valence-corrected chi connectivity index (χ3v) is 5.42. The van der Waals surface area contributed by atoms with Gasteiger partial charge in [0.05, 0.1) is 17.2 Å². The Morgan fingerprint density at radius 3 is 2.77 bits per heavy atom. The van der Waals surface area contributed by atoms with Gasteiger partial charge in [-0.1, -0.05) is 6.92 Å². The monoisotopic (exact) mass is 493 g/mol. The fourth-order valence-electron chi connectivity index (χ4n) is 3.07. The number of hydrogen-bond donors (Lipinski definition) is 2. The molecule has 0 saturated carbocycles. The van der Waals surface area contributed by atoms with E-state index in [-0.39, 0.29) is 29.9 Å². The molecule has 1 aliphatic heterocycles. The Balaban J connectivity index is 0.00000338. The zero-order valence-electron chi connectivity index (χ0n) is 16.3. The smallest absolute Gasteiger partial charge is 0.224 e. The molecule has 1 aliphatic rings. The van der Waals surface area contributed by atoms with Gasteiger partial charge in [0, 0.05) is 37.5 Å². The molecule has 2 N–H and O–H groups in total. The average Bonchev–Trinajstić information content (AvgIpc) is 2.90. The van der Waals surface area contributed by atoms with E-state index in [2.05, 4.69) is 27.5 Å². The molecule has 26 heavy (non-hydrogen) atoms. The molecule has 0 radical (unpaired) electrons. The first-order valence-corrected chi connectivity index (χ1v) is 10.0. The first-order chi connectivity index (χ1) is 12.0. The number of piperidine rings is 1. The van der Waals surface area contributed by atoms with Crippen molar-refractivity contribution in [1.82, 2.24) is 20.5 Å². The van der Waals surface area contributed by atoms with Crippen molar-refractivity contribution in [2.75, 3.05) is 26.2 Å². The standard InChI is InChI=1S/C18H31N5OS.HI/c1-5-19-18(21-11-16-14(3)22-15(4)25-16)20-9-8-17(24)23-10-6-7-13(2)12-23;/h13H,5-12H2,1-4H3,(H2,19,20,21);1H. The predicted molar refractivity (Wildman–Crippen MR) is 119 cm³/mol. The molecule has 1 amide bonds. The summed E-state index contributed by atoms with van der Waals surface area (Å²) in [4.78, 5) is 24.6. The number of hydrogen-bond acceptors (Lipinski definition) is 4. The minimum Gasteiger partial charge on any atom is -0.357 e. The second kappa shape index (κ2) is 11.7. The van der Waals surface area contributed by atoms with E-state index >= 15 is 0 Å². The molecule has 8 heteroatoms. The number of aryl methyl sites for hydroxylation is 2. The maximum absolute atomic E-state index is 12.3. The second-order valence-electron chi connectivity index (χ2n) is 6.70. The molecule has 0 aliphatic carbocycles. The first kappa shape index (κ1) is 23.1. The highest BCUT2D eigenvalue weighted by molar-refractivity contribution is 14.0. The summed E-state index contributed by atoms with van der Waals surface area (Å²) in [5.74, 6) is 1.62. The molecular formula is C18H32IN5OS. The molecule has 0 bridgehead atoms. The van der Waals surface area contributed by atoms with Gasteiger partial charge < -0.3 is 15.5 Å². The Labute approximate surface area is 178 Å². The largest absolute Gasteiger partial charge is 0.357 e. The van der Waals surface area contributed by atoms with Crippen molar-refractivity contribution in [2.24, 2.45) is 10.9 Å². The van der Waals surface area contributed by atoms with Gasteiger partial charge >= 0.3 is 0 Å². The van der Waals surface area contributed by atoms with E-state index in [9.17, 15) is 4.79 Å². The Morgan fingerprint density at radius 1 is 1.38 bits per heavy atom. The summed E-state index contributed by atoms with van der Waals surface area (Å²) in [6.07, 6.45) is 2.86. The number of amides is 1. The van der Waals surface area contributed by atoms with Gasteiger partial charge in [-0.3, -0.25) is 4.79 Å². The molecule has 2 heterocycles. The van der Waals surface area contributed by atoms with E-state index < -0.39 is 0 Å². The van der Waals surface area contributed by atoms with Crippen LogP contribution in [0.25, 0.3) is 0 Å². The van der Waals surface area contributed by atoms with Crippen LogP contribution in [0.4, 0.5) is 0 Å². The molecule has 148 valence electrons. The van der Waals surface area contributed by atoms with Crippen LogP contribution in [0.1, 0.15) is 48.7 Å². The molecule has 1 atom stereocenters. The number of rotatable bonds is 6. The van der Waals surface area contributed by atoms with Crippen LogP contribution in [-0.2, 0) is 11.3 Å². The SMILES string of the molecule is CCNC(=NCc1sc(C)nc1C)NCCC(=O)N1CCCC(C)C1.I. The number of halogens is 1. The zero-order chi connectivity index (χ0) is 18.2. The fraction of sp³-hybridized carbons (Fsp3) is 0.722. The topological polar surface area (TPSA) is 69.6 Å². The number of aromatic nitrogens is 1. The molecule has 6 nitrogen and oxygen atoms in total. The number of likely N-dealkylation sites (tertiary alicyclic amines) is 1. The minimum atomic E-state index is 0. The van der Waals surface area contributed by atoms with Crippen LogP contribution in [0.5, 0.6) is 0 Å². The van der Waals surface area contributed by atoms with Gasteiger partial charge in [0.25, 0.3) is 0 Å². The lowest BCUT2D eigenvalue weighted by molar-refractivity contribution is -0.132. The summed E-state index contributed by atoms with van der Waals surface area (Å²) >= 11 is 1.69. The van der Waals surface area contributed by atoms with E-state index in [0.717, 1.165) is 42.7 Å². The van der Waals surface area contributed by atoms with Crippen molar-refractivity contribution in [2.45, 2.75) is 53.5 Å². The Hall–Kier alpha value is -0.900. The lowest BCUT2D eigenvalue weighted by Crippen LogP contribution is -2.42. The molecule has 0 aromatic carbocycles.